The zero-order valence-electron chi connectivity index (χ0n) is 17.0. The molecule has 0 spiro atoms. The number of methoxy groups -OCH3 is 1. The van der Waals surface area contributed by atoms with Crippen LogP contribution >= 0.6 is 0 Å². The van der Waals surface area contributed by atoms with E-state index in [9.17, 15) is 4.79 Å². The molecule has 0 saturated heterocycles. The van der Waals surface area contributed by atoms with Crippen LogP contribution in [0.2, 0.25) is 0 Å². The zero-order valence-corrected chi connectivity index (χ0v) is 17.0. The van der Waals surface area contributed by atoms with E-state index >= 15 is 0 Å². The molecule has 0 bridgehead atoms. The number of hydrogen-bond donors (Lipinski definition) is 0. The number of benzene rings is 2. The molecule has 29 heavy (non-hydrogen) atoms. The van der Waals surface area contributed by atoms with Crippen LogP contribution in [0, 0.1) is 0 Å². The molecular weight excluding hydrogens is 360 g/mol. The second-order valence-corrected chi connectivity index (χ2v) is 7.09. The van der Waals surface area contributed by atoms with E-state index in [2.05, 4.69) is 65.8 Å². The number of rotatable bonds is 10. The second-order valence-electron chi connectivity index (χ2n) is 7.09. The highest BCUT2D eigenvalue weighted by Gasteiger charge is 2.07. The molecule has 0 radical (unpaired) electrons. The van der Waals surface area contributed by atoms with Gasteiger partial charge in [0.25, 0.3) is 0 Å². The van der Waals surface area contributed by atoms with Gasteiger partial charge in [-0.3, -0.25) is 9.48 Å². The first-order valence-electron chi connectivity index (χ1n) is 10.1. The van der Waals surface area contributed by atoms with Gasteiger partial charge in [-0.05, 0) is 60.1 Å². The first-order chi connectivity index (χ1) is 14.2. The van der Waals surface area contributed by atoms with Gasteiger partial charge in [-0.2, -0.15) is 5.10 Å². The van der Waals surface area contributed by atoms with Gasteiger partial charge in [-0.1, -0.05) is 54.6 Å². The molecule has 0 amide bonds. The van der Waals surface area contributed by atoms with E-state index in [0.29, 0.717) is 12.8 Å². The molecule has 0 atom stereocenters. The summed E-state index contributed by atoms with van der Waals surface area (Å²) in [6.45, 7) is 0.735. The van der Waals surface area contributed by atoms with Crippen LogP contribution in [0.5, 0.6) is 0 Å². The maximum absolute atomic E-state index is 11.6. The predicted octanol–water partition coefficient (Wildman–Crippen LogP) is 5.07. The Morgan fingerprint density at radius 1 is 1.07 bits per heavy atom. The molecule has 0 unspecified atom stereocenters. The molecule has 1 heterocycles. The SMILES string of the molecule is COC(=O)CCc1ccc(Cn2cccn2)cc1C=CCCCc1ccccc1. The van der Waals surface area contributed by atoms with Crippen LogP contribution in [0.3, 0.4) is 0 Å². The molecule has 0 aliphatic heterocycles. The van der Waals surface area contributed by atoms with Gasteiger partial charge >= 0.3 is 5.97 Å². The second kappa shape index (κ2) is 11.0. The summed E-state index contributed by atoms with van der Waals surface area (Å²) in [5, 5.41) is 4.29. The first-order valence-corrected chi connectivity index (χ1v) is 10.1. The fourth-order valence-electron chi connectivity index (χ4n) is 3.32. The summed E-state index contributed by atoms with van der Waals surface area (Å²) in [7, 11) is 1.43. The molecule has 0 N–H and O–H groups in total. The molecule has 3 rings (SSSR count). The Labute approximate surface area is 172 Å². The van der Waals surface area contributed by atoms with E-state index < -0.39 is 0 Å². The third kappa shape index (κ3) is 6.75. The fourth-order valence-corrected chi connectivity index (χ4v) is 3.32. The smallest absolute Gasteiger partial charge is 0.305 e. The van der Waals surface area contributed by atoms with E-state index in [-0.39, 0.29) is 5.97 Å². The summed E-state index contributed by atoms with van der Waals surface area (Å²) in [6.07, 6.45) is 12.5. The molecule has 1 aromatic heterocycles. The van der Waals surface area contributed by atoms with Crippen molar-refractivity contribution in [1.29, 1.82) is 0 Å². The third-order valence-corrected chi connectivity index (χ3v) is 4.92. The van der Waals surface area contributed by atoms with Crippen LogP contribution in [-0.4, -0.2) is 22.9 Å². The Morgan fingerprint density at radius 2 is 1.93 bits per heavy atom. The summed E-state index contributed by atoms with van der Waals surface area (Å²) >= 11 is 0. The van der Waals surface area contributed by atoms with Gasteiger partial charge in [0.15, 0.2) is 0 Å². The van der Waals surface area contributed by atoms with Crippen molar-refractivity contribution in [2.24, 2.45) is 0 Å². The highest BCUT2D eigenvalue weighted by atomic mass is 16.5. The van der Waals surface area contributed by atoms with Crippen molar-refractivity contribution in [3.8, 4) is 0 Å². The van der Waals surface area contributed by atoms with Gasteiger partial charge in [0.2, 0.25) is 0 Å². The van der Waals surface area contributed by atoms with Crippen molar-refractivity contribution >= 4 is 12.0 Å². The Hall–Kier alpha value is -3.14. The van der Waals surface area contributed by atoms with Crippen LogP contribution in [0.15, 0.2) is 73.1 Å². The molecular formula is C25H28N2O2. The van der Waals surface area contributed by atoms with Crippen molar-refractivity contribution in [1.82, 2.24) is 9.78 Å². The number of allylic oxidation sites excluding steroid dienone is 1. The molecule has 0 aliphatic rings. The van der Waals surface area contributed by atoms with Crippen molar-refractivity contribution in [2.75, 3.05) is 7.11 Å². The quantitative estimate of drug-likeness (QED) is 0.360. The average Bonchev–Trinajstić information content (AvgIpc) is 3.26. The van der Waals surface area contributed by atoms with Crippen molar-refractivity contribution < 1.29 is 9.53 Å². The lowest BCUT2D eigenvalue weighted by atomic mass is 9.99. The van der Waals surface area contributed by atoms with Crippen molar-refractivity contribution in [3.05, 3.63) is 95.3 Å². The van der Waals surface area contributed by atoms with Gasteiger partial charge < -0.3 is 4.74 Å². The van der Waals surface area contributed by atoms with E-state index in [1.807, 2.05) is 16.9 Å². The average molecular weight is 389 g/mol. The Kier molecular flexibility index (Phi) is 7.81. The van der Waals surface area contributed by atoms with E-state index in [4.69, 9.17) is 4.74 Å². The van der Waals surface area contributed by atoms with Gasteiger partial charge in [-0.15, -0.1) is 0 Å². The molecule has 4 nitrogen and oxygen atoms in total. The maximum atomic E-state index is 11.6. The van der Waals surface area contributed by atoms with Crippen LogP contribution in [0.1, 0.15) is 41.5 Å². The standard InChI is InChI=1S/C25H28N2O2/c1-29-25(28)16-15-23-14-13-22(20-27-18-8-17-26-27)19-24(23)12-7-3-6-11-21-9-4-2-5-10-21/h2,4-5,7-10,12-14,17-19H,3,6,11,15-16,20H2,1H3. The number of aryl methyl sites for hydroxylation is 2. The summed E-state index contributed by atoms with van der Waals surface area (Å²) in [5.74, 6) is -0.177. The molecule has 0 saturated carbocycles. The molecule has 0 fully saturated rings. The lowest BCUT2D eigenvalue weighted by Crippen LogP contribution is -2.04. The summed E-state index contributed by atoms with van der Waals surface area (Å²) in [6, 6.07) is 18.9. The number of carbonyl (C=O) groups is 1. The number of nitrogens with zero attached hydrogens (tertiary/aromatic N) is 2. The van der Waals surface area contributed by atoms with Gasteiger partial charge in [0.1, 0.15) is 0 Å². The number of unbranched alkanes of at least 4 members (excludes halogenated alkanes) is 1. The molecule has 150 valence electrons. The summed E-state index contributed by atoms with van der Waals surface area (Å²) < 4.78 is 6.71. The topological polar surface area (TPSA) is 44.1 Å². The minimum atomic E-state index is -0.177. The molecule has 2 aromatic carbocycles. The number of hydrogen-bond acceptors (Lipinski definition) is 3. The molecule has 4 heteroatoms. The first kappa shape index (κ1) is 20.6. The molecule has 0 aliphatic carbocycles. The van der Waals surface area contributed by atoms with Crippen molar-refractivity contribution in [3.63, 3.8) is 0 Å². The lowest BCUT2D eigenvalue weighted by Gasteiger charge is -2.10. The Morgan fingerprint density at radius 3 is 2.69 bits per heavy atom. The lowest BCUT2D eigenvalue weighted by molar-refractivity contribution is -0.140. The van der Waals surface area contributed by atoms with Gasteiger partial charge in [-0.25, -0.2) is 0 Å². The van der Waals surface area contributed by atoms with Gasteiger partial charge in [0.05, 0.1) is 13.7 Å². The van der Waals surface area contributed by atoms with E-state index in [1.54, 1.807) is 6.20 Å². The normalized spacial score (nSPS) is 11.1. The van der Waals surface area contributed by atoms with Crippen LogP contribution in [-0.2, 0) is 28.9 Å². The molecule has 3 aromatic rings. The fraction of sp³-hybridized carbons (Fsp3) is 0.280. The third-order valence-electron chi connectivity index (χ3n) is 4.92. The zero-order chi connectivity index (χ0) is 20.3. The largest absolute Gasteiger partial charge is 0.469 e. The summed E-state index contributed by atoms with van der Waals surface area (Å²) in [4.78, 5) is 11.6. The van der Waals surface area contributed by atoms with Crippen molar-refractivity contribution in [2.45, 2.75) is 38.6 Å². The monoisotopic (exact) mass is 388 g/mol. The minimum Gasteiger partial charge on any atom is -0.469 e. The maximum Gasteiger partial charge on any atom is 0.305 e. The number of esters is 1. The minimum absolute atomic E-state index is 0.177. The summed E-state index contributed by atoms with van der Waals surface area (Å²) in [5.41, 5.74) is 4.90. The Balaban J connectivity index is 1.65. The predicted molar refractivity (Wildman–Crippen MR) is 117 cm³/mol. The number of aromatic nitrogens is 2. The Bertz CT molecular complexity index is 915. The van der Waals surface area contributed by atoms with Crippen LogP contribution < -0.4 is 0 Å². The van der Waals surface area contributed by atoms with Crippen LogP contribution in [0.4, 0.5) is 0 Å². The number of ether oxygens (including phenoxy) is 1. The number of carbonyl (C=O) groups excluding carboxylic acids is 1. The van der Waals surface area contributed by atoms with Gasteiger partial charge in [0, 0.05) is 18.8 Å². The van der Waals surface area contributed by atoms with Crippen LogP contribution in [0.25, 0.3) is 6.08 Å². The van der Waals surface area contributed by atoms with E-state index in [1.165, 1.54) is 29.4 Å². The van der Waals surface area contributed by atoms with E-state index in [0.717, 1.165) is 25.8 Å². The highest BCUT2D eigenvalue weighted by molar-refractivity contribution is 5.70. The highest BCUT2D eigenvalue weighted by Crippen LogP contribution is 2.18.